The summed E-state index contributed by atoms with van der Waals surface area (Å²) >= 11 is 3.38. The van der Waals surface area contributed by atoms with E-state index in [-0.39, 0.29) is 0 Å². The highest BCUT2D eigenvalue weighted by Gasteiger charge is 2.06. The van der Waals surface area contributed by atoms with Gasteiger partial charge in [-0.15, -0.1) is 0 Å². The molecule has 0 unspecified atom stereocenters. The Bertz CT molecular complexity index is 644. The third-order valence-corrected chi connectivity index (χ3v) is 3.43. The molecular formula is C17H18BrNO4. The first-order valence-corrected chi connectivity index (χ1v) is 7.97. The third kappa shape index (κ3) is 5.49. The highest BCUT2D eigenvalue weighted by atomic mass is 79.9. The molecule has 1 N–H and O–H groups in total. The van der Waals surface area contributed by atoms with Crippen molar-refractivity contribution in [1.29, 1.82) is 0 Å². The van der Waals surface area contributed by atoms with Crippen LogP contribution in [0.15, 0.2) is 52.1 Å². The van der Waals surface area contributed by atoms with Gasteiger partial charge >= 0.3 is 0 Å². The molecule has 23 heavy (non-hydrogen) atoms. The number of benzene rings is 2. The van der Waals surface area contributed by atoms with Gasteiger partial charge in [-0.3, -0.25) is 0 Å². The van der Waals surface area contributed by atoms with Crippen LogP contribution in [0.4, 0.5) is 0 Å². The van der Waals surface area contributed by atoms with Crippen LogP contribution in [0.1, 0.15) is 12.5 Å². The Kier molecular flexibility index (Phi) is 6.75. The fraction of sp³-hybridized carbons (Fsp3) is 0.235. The van der Waals surface area contributed by atoms with E-state index in [9.17, 15) is 0 Å². The predicted octanol–water partition coefficient (Wildman–Crippen LogP) is 4.11. The zero-order valence-electron chi connectivity index (χ0n) is 12.7. The molecule has 0 aromatic heterocycles. The van der Waals surface area contributed by atoms with Crippen LogP contribution in [0, 0.1) is 0 Å². The SMILES string of the molecule is CCOc1cc(C=NO)ccc1OCCOc1ccc(Br)cc1. The summed E-state index contributed by atoms with van der Waals surface area (Å²) in [5, 5.41) is 11.6. The molecule has 2 aromatic carbocycles. The lowest BCUT2D eigenvalue weighted by Crippen LogP contribution is -2.10. The maximum absolute atomic E-state index is 8.59. The summed E-state index contributed by atoms with van der Waals surface area (Å²) in [5.74, 6) is 2.02. The van der Waals surface area contributed by atoms with Crippen molar-refractivity contribution < 1.29 is 19.4 Å². The van der Waals surface area contributed by atoms with Crippen molar-refractivity contribution in [2.45, 2.75) is 6.92 Å². The molecule has 5 nitrogen and oxygen atoms in total. The molecule has 0 aliphatic carbocycles. The lowest BCUT2D eigenvalue weighted by atomic mass is 10.2. The number of oxime groups is 1. The van der Waals surface area contributed by atoms with Gasteiger partial charge in [-0.2, -0.15) is 0 Å². The first kappa shape index (κ1) is 17.1. The summed E-state index contributed by atoms with van der Waals surface area (Å²) in [6.45, 7) is 3.23. The molecule has 0 bridgehead atoms. The number of ether oxygens (including phenoxy) is 3. The van der Waals surface area contributed by atoms with Crippen LogP contribution in [-0.4, -0.2) is 31.2 Å². The molecule has 0 aliphatic heterocycles. The lowest BCUT2D eigenvalue weighted by molar-refractivity contribution is 0.208. The monoisotopic (exact) mass is 379 g/mol. The van der Waals surface area contributed by atoms with Gasteiger partial charge in [0.25, 0.3) is 0 Å². The maximum Gasteiger partial charge on any atom is 0.161 e. The summed E-state index contributed by atoms with van der Waals surface area (Å²) in [6.07, 6.45) is 1.34. The van der Waals surface area contributed by atoms with E-state index in [0.29, 0.717) is 31.3 Å². The van der Waals surface area contributed by atoms with E-state index < -0.39 is 0 Å². The molecule has 2 rings (SSSR count). The summed E-state index contributed by atoms with van der Waals surface area (Å²) < 4.78 is 17.9. The number of nitrogens with zero attached hydrogens (tertiary/aromatic N) is 1. The van der Waals surface area contributed by atoms with Crippen molar-refractivity contribution in [1.82, 2.24) is 0 Å². The van der Waals surface area contributed by atoms with Crippen LogP contribution in [0.25, 0.3) is 0 Å². The topological polar surface area (TPSA) is 60.3 Å². The molecule has 0 spiro atoms. The van der Waals surface area contributed by atoms with Crippen LogP contribution in [0.3, 0.4) is 0 Å². The van der Waals surface area contributed by atoms with Crippen LogP contribution >= 0.6 is 15.9 Å². The highest BCUT2D eigenvalue weighted by molar-refractivity contribution is 9.10. The van der Waals surface area contributed by atoms with Gasteiger partial charge in [0.1, 0.15) is 19.0 Å². The van der Waals surface area contributed by atoms with Crippen LogP contribution < -0.4 is 14.2 Å². The lowest BCUT2D eigenvalue weighted by Gasteiger charge is -2.13. The first-order valence-electron chi connectivity index (χ1n) is 7.18. The number of halogens is 1. The van der Waals surface area contributed by atoms with Gasteiger partial charge in [-0.1, -0.05) is 21.1 Å². The third-order valence-electron chi connectivity index (χ3n) is 2.90. The quantitative estimate of drug-likeness (QED) is 0.324. The van der Waals surface area contributed by atoms with E-state index in [2.05, 4.69) is 21.1 Å². The van der Waals surface area contributed by atoms with Crippen LogP contribution in [-0.2, 0) is 0 Å². The Hall–Kier alpha value is -2.21. The summed E-state index contributed by atoms with van der Waals surface area (Å²) in [6, 6.07) is 12.9. The molecule has 0 aliphatic rings. The minimum absolute atomic E-state index is 0.392. The number of hydrogen-bond acceptors (Lipinski definition) is 5. The summed E-state index contributed by atoms with van der Waals surface area (Å²) in [5.41, 5.74) is 0.731. The predicted molar refractivity (Wildman–Crippen MR) is 92.1 cm³/mol. The van der Waals surface area contributed by atoms with Gasteiger partial charge < -0.3 is 19.4 Å². The first-order chi connectivity index (χ1) is 11.2. The second-order valence-electron chi connectivity index (χ2n) is 4.53. The molecule has 0 amide bonds. The van der Waals surface area contributed by atoms with Crippen molar-refractivity contribution in [2.75, 3.05) is 19.8 Å². The molecule has 0 heterocycles. The Morgan fingerprint density at radius 1 is 1.00 bits per heavy atom. The smallest absolute Gasteiger partial charge is 0.161 e. The molecular weight excluding hydrogens is 362 g/mol. The number of rotatable bonds is 8. The minimum Gasteiger partial charge on any atom is -0.490 e. The largest absolute Gasteiger partial charge is 0.490 e. The van der Waals surface area contributed by atoms with Gasteiger partial charge in [0.05, 0.1) is 12.8 Å². The van der Waals surface area contributed by atoms with Crippen molar-refractivity contribution in [3.63, 3.8) is 0 Å². The molecule has 0 radical (unpaired) electrons. The Morgan fingerprint density at radius 2 is 1.74 bits per heavy atom. The van der Waals surface area contributed by atoms with Gasteiger partial charge in [0.2, 0.25) is 0 Å². The molecule has 122 valence electrons. The van der Waals surface area contributed by atoms with Gasteiger partial charge in [-0.25, -0.2) is 0 Å². The fourth-order valence-corrected chi connectivity index (χ4v) is 2.17. The van der Waals surface area contributed by atoms with Crippen LogP contribution in [0.5, 0.6) is 17.2 Å². The average molecular weight is 380 g/mol. The van der Waals surface area contributed by atoms with Crippen molar-refractivity contribution in [3.8, 4) is 17.2 Å². The fourth-order valence-electron chi connectivity index (χ4n) is 1.90. The van der Waals surface area contributed by atoms with Crippen molar-refractivity contribution in [2.24, 2.45) is 5.16 Å². The summed E-state index contributed by atoms with van der Waals surface area (Å²) in [4.78, 5) is 0. The Labute approximate surface area is 143 Å². The normalized spacial score (nSPS) is 10.7. The van der Waals surface area contributed by atoms with E-state index in [4.69, 9.17) is 19.4 Å². The zero-order chi connectivity index (χ0) is 16.5. The molecule has 0 saturated carbocycles. The number of hydrogen-bond donors (Lipinski definition) is 1. The minimum atomic E-state index is 0.392. The summed E-state index contributed by atoms with van der Waals surface area (Å²) in [7, 11) is 0. The Balaban J connectivity index is 1.90. The molecule has 0 atom stereocenters. The zero-order valence-corrected chi connectivity index (χ0v) is 14.3. The van der Waals surface area contributed by atoms with E-state index in [1.54, 1.807) is 18.2 Å². The van der Waals surface area contributed by atoms with Gasteiger partial charge in [0.15, 0.2) is 11.5 Å². The van der Waals surface area contributed by atoms with Crippen molar-refractivity contribution >= 4 is 22.1 Å². The molecule has 0 fully saturated rings. The van der Waals surface area contributed by atoms with Crippen LogP contribution in [0.2, 0.25) is 0 Å². The second-order valence-corrected chi connectivity index (χ2v) is 5.45. The van der Waals surface area contributed by atoms with E-state index in [1.807, 2.05) is 31.2 Å². The van der Waals surface area contributed by atoms with E-state index in [0.717, 1.165) is 15.8 Å². The standard InChI is InChI=1S/C17H18BrNO4/c1-2-21-17-11-13(12-19-20)3-8-16(17)23-10-9-22-15-6-4-14(18)5-7-15/h3-8,11-12,20H,2,9-10H2,1H3. The Morgan fingerprint density at radius 3 is 2.43 bits per heavy atom. The highest BCUT2D eigenvalue weighted by Crippen LogP contribution is 2.28. The molecule has 6 heteroatoms. The van der Waals surface area contributed by atoms with E-state index in [1.165, 1.54) is 6.21 Å². The maximum atomic E-state index is 8.59. The molecule has 0 saturated heterocycles. The van der Waals surface area contributed by atoms with Crippen molar-refractivity contribution in [3.05, 3.63) is 52.5 Å². The van der Waals surface area contributed by atoms with E-state index >= 15 is 0 Å². The average Bonchev–Trinajstić information content (AvgIpc) is 2.55. The second kappa shape index (κ2) is 9.05. The molecule has 2 aromatic rings. The van der Waals surface area contributed by atoms with Gasteiger partial charge in [0, 0.05) is 10.0 Å². The van der Waals surface area contributed by atoms with Gasteiger partial charge in [-0.05, 0) is 49.4 Å².